The van der Waals surface area contributed by atoms with E-state index in [9.17, 15) is 4.79 Å². The number of aromatic nitrogens is 5. The Labute approximate surface area is 107 Å². The number of aliphatic carboxylic acids is 1. The van der Waals surface area contributed by atoms with Gasteiger partial charge in [-0.15, -0.1) is 16.4 Å². The molecule has 0 saturated heterocycles. The predicted molar refractivity (Wildman–Crippen MR) is 65.1 cm³/mol. The summed E-state index contributed by atoms with van der Waals surface area (Å²) in [6.45, 7) is 3.90. The third kappa shape index (κ3) is 2.53. The van der Waals surface area contributed by atoms with Crippen molar-refractivity contribution in [3.63, 3.8) is 0 Å². The fourth-order valence-electron chi connectivity index (χ4n) is 1.69. The molecule has 8 heteroatoms. The van der Waals surface area contributed by atoms with Gasteiger partial charge in [0.15, 0.2) is 5.82 Å². The van der Waals surface area contributed by atoms with E-state index in [1.165, 1.54) is 11.3 Å². The van der Waals surface area contributed by atoms with E-state index in [4.69, 9.17) is 5.11 Å². The van der Waals surface area contributed by atoms with E-state index in [0.29, 0.717) is 5.82 Å². The average molecular weight is 267 g/mol. The van der Waals surface area contributed by atoms with Crippen molar-refractivity contribution in [3.8, 4) is 10.7 Å². The number of hydrogen-bond acceptors (Lipinski definition) is 6. The van der Waals surface area contributed by atoms with Crippen LogP contribution in [0, 0.1) is 5.92 Å². The number of rotatable bonds is 5. The Morgan fingerprint density at radius 3 is 2.89 bits per heavy atom. The van der Waals surface area contributed by atoms with Crippen molar-refractivity contribution in [1.82, 2.24) is 25.2 Å². The minimum absolute atomic E-state index is 0.00545. The van der Waals surface area contributed by atoms with Gasteiger partial charge in [0, 0.05) is 6.20 Å². The van der Waals surface area contributed by atoms with E-state index < -0.39 is 5.97 Å². The molecule has 2 heterocycles. The molecule has 0 aliphatic carbocycles. The van der Waals surface area contributed by atoms with Crippen LogP contribution >= 0.6 is 11.3 Å². The van der Waals surface area contributed by atoms with Gasteiger partial charge in [-0.1, -0.05) is 13.8 Å². The molecule has 0 aromatic carbocycles. The normalized spacial score (nSPS) is 12.8. The van der Waals surface area contributed by atoms with Gasteiger partial charge in [-0.3, -0.25) is 9.78 Å². The molecule has 2 aromatic heterocycles. The topological polar surface area (TPSA) is 93.8 Å². The van der Waals surface area contributed by atoms with Gasteiger partial charge in [-0.05, 0) is 16.3 Å². The molecule has 2 rings (SSSR count). The first-order valence-electron chi connectivity index (χ1n) is 5.48. The first-order chi connectivity index (χ1) is 8.59. The lowest BCUT2D eigenvalue weighted by Gasteiger charge is -2.19. The number of tetrazole rings is 1. The van der Waals surface area contributed by atoms with E-state index >= 15 is 0 Å². The Morgan fingerprint density at radius 2 is 2.33 bits per heavy atom. The Kier molecular flexibility index (Phi) is 3.66. The fraction of sp³-hybridized carbons (Fsp3) is 0.500. The number of carboxylic acid groups (broad SMARTS) is 1. The molecule has 0 amide bonds. The molecule has 0 aliphatic heterocycles. The second-order valence-electron chi connectivity index (χ2n) is 4.22. The van der Waals surface area contributed by atoms with Crippen molar-refractivity contribution < 1.29 is 9.90 Å². The van der Waals surface area contributed by atoms with Crippen LogP contribution in [-0.4, -0.2) is 36.3 Å². The molecule has 1 unspecified atom stereocenters. The molecular weight excluding hydrogens is 254 g/mol. The van der Waals surface area contributed by atoms with Crippen molar-refractivity contribution in [3.05, 3.63) is 11.7 Å². The van der Waals surface area contributed by atoms with Crippen LogP contribution in [0.5, 0.6) is 0 Å². The number of carboxylic acids is 1. The highest BCUT2D eigenvalue weighted by molar-refractivity contribution is 7.13. The monoisotopic (exact) mass is 267 g/mol. The summed E-state index contributed by atoms with van der Waals surface area (Å²) in [5.41, 5.74) is 1.69. The van der Waals surface area contributed by atoms with Gasteiger partial charge in [0.1, 0.15) is 0 Å². The van der Waals surface area contributed by atoms with E-state index in [-0.39, 0.29) is 18.4 Å². The number of nitrogens with zero attached hydrogens (tertiary/aromatic N) is 5. The Bertz CT molecular complexity index is 522. The summed E-state index contributed by atoms with van der Waals surface area (Å²) in [6, 6.07) is -0.269. The van der Waals surface area contributed by atoms with Crippen molar-refractivity contribution >= 4 is 17.3 Å². The average Bonchev–Trinajstić information content (AvgIpc) is 2.95. The summed E-state index contributed by atoms with van der Waals surface area (Å²) >= 11 is 1.42. The van der Waals surface area contributed by atoms with Crippen LogP contribution < -0.4 is 0 Å². The van der Waals surface area contributed by atoms with Crippen LogP contribution in [0.3, 0.4) is 0 Å². The molecule has 0 aliphatic rings. The van der Waals surface area contributed by atoms with E-state index in [2.05, 4.69) is 20.5 Å². The highest BCUT2D eigenvalue weighted by Crippen LogP contribution is 2.27. The van der Waals surface area contributed by atoms with Gasteiger partial charge in [-0.2, -0.15) is 0 Å². The smallest absolute Gasteiger partial charge is 0.305 e. The van der Waals surface area contributed by atoms with Crippen LogP contribution in [0.4, 0.5) is 0 Å². The quantitative estimate of drug-likeness (QED) is 0.881. The highest BCUT2D eigenvalue weighted by Gasteiger charge is 2.24. The number of thiazole rings is 1. The van der Waals surface area contributed by atoms with E-state index in [1.54, 1.807) is 16.4 Å². The maximum Gasteiger partial charge on any atom is 0.305 e. The Balaban J connectivity index is 2.37. The van der Waals surface area contributed by atoms with Gasteiger partial charge < -0.3 is 5.11 Å². The summed E-state index contributed by atoms with van der Waals surface area (Å²) < 4.78 is 1.58. The minimum atomic E-state index is -0.862. The summed E-state index contributed by atoms with van der Waals surface area (Å²) in [5, 5.41) is 20.5. The van der Waals surface area contributed by atoms with Gasteiger partial charge in [0.2, 0.25) is 0 Å². The minimum Gasteiger partial charge on any atom is -0.481 e. The molecule has 18 heavy (non-hydrogen) atoms. The lowest BCUT2D eigenvalue weighted by molar-refractivity contribution is -0.138. The van der Waals surface area contributed by atoms with Crippen molar-refractivity contribution in [2.75, 3.05) is 0 Å². The molecule has 1 N–H and O–H groups in total. The zero-order valence-corrected chi connectivity index (χ0v) is 10.8. The van der Waals surface area contributed by atoms with Crippen LogP contribution in [-0.2, 0) is 4.79 Å². The molecule has 7 nitrogen and oxygen atoms in total. The third-order valence-electron chi connectivity index (χ3n) is 2.61. The second kappa shape index (κ2) is 5.21. The van der Waals surface area contributed by atoms with Crippen molar-refractivity contribution in [2.24, 2.45) is 5.92 Å². The maximum atomic E-state index is 10.9. The summed E-state index contributed by atoms with van der Waals surface area (Å²) in [4.78, 5) is 15.7. The van der Waals surface area contributed by atoms with Gasteiger partial charge in [-0.25, -0.2) is 4.68 Å². The molecule has 2 aromatic rings. The van der Waals surface area contributed by atoms with Crippen LogP contribution in [0.25, 0.3) is 10.7 Å². The summed E-state index contributed by atoms with van der Waals surface area (Å²) in [6.07, 6.45) is 1.67. The highest BCUT2D eigenvalue weighted by atomic mass is 32.1. The van der Waals surface area contributed by atoms with Crippen LogP contribution in [0.1, 0.15) is 26.3 Å². The zero-order valence-electron chi connectivity index (χ0n) is 10.0. The lowest BCUT2D eigenvalue weighted by atomic mass is 10.0. The van der Waals surface area contributed by atoms with E-state index in [1.807, 2.05) is 13.8 Å². The molecule has 0 saturated carbocycles. The summed E-state index contributed by atoms with van der Waals surface area (Å²) in [7, 11) is 0. The first-order valence-corrected chi connectivity index (χ1v) is 6.36. The molecule has 0 bridgehead atoms. The number of carbonyl (C=O) groups is 1. The predicted octanol–water partition coefficient (Wildman–Crippen LogP) is 1.47. The first kappa shape index (κ1) is 12.6. The van der Waals surface area contributed by atoms with Crippen LogP contribution in [0.15, 0.2) is 11.7 Å². The molecular formula is C10H13N5O2S. The lowest BCUT2D eigenvalue weighted by Crippen LogP contribution is -2.21. The second-order valence-corrected chi connectivity index (χ2v) is 5.11. The standard InChI is InChI=1S/C10H13N5O2S/c1-6(2)7(3-9(16)17)15-10(12-13-14-15)8-4-11-5-18-8/h4-7H,3H2,1-2H3,(H,16,17). The van der Waals surface area contributed by atoms with Gasteiger partial charge in [0.25, 0.3) is 0 Å². The molecule has 1 atom stereocenters. The van der Waals surface area contributed by atoms with Crippen molar-refractivity contribution in [2.45, 2.75) is 26.3 Å². The number of hydrogen-bond donors (Lipinski definition) is 1. The molecule has 0 radical (unpaired) electrons. The maximum absolute atomic E-state index is 10.9. The van der Waals surface area contributed by atoms with Crippen LogP contribution in [0.2, 0.25) is 0 Å². The molecule has 0 spiro atoms. The van der Waals surface area contributed by atoms with Gasteiger partial charge >= 0.3 is 5.97 Å². The Hall–Kier alpha value is -1.83. The largest absolute Gasteiger partial charge is 0.481 e. The third-order valence-corrected chi connectivity index (χ3v) is 3.38. The van der Waals surface area contributed by atoms with Crippen molar-refractivity contribution in [1.29, 1.82) is 0 Å². The molecule has 96 valence electrons. The van der Waals surface area contributed by atoms with Gasteiger partial charge in [0.05, 0.1) is 22.9 Å². The van der Waals surface area contributed by atoms with E-state index in [0.717, 1.165) is 4.88 Å². The summed E-state index contributed by atoms with van der Waals surface area (Å²) in [5.74, 6) is -0.173. The Morgan fingerprint density at radius 1 is 1.56 bits per heavy atom. The fourth-order valence-corrected chi connectivity index (χ4v) is 2.29. The zero-order chi connectivity index (χ0) is 13.1. The molecule has 0 fully saturated rings. The SMILES string of the molecule is CC(C)C(CC(=O)O)n1nnnc1-c1cncs1.